The number of carbonyl (C=O) groups excluding carboxylic acids is 2. The normalized spacial score (nSPS) is 11.5. The van der Waals surface area contributed by atoms with Gasteiger partial charge in [0.25, 0.3) is 5.91 Å². The second-order valence-corrected chi connectivity index (χ2v) is 7.12. The largest absolute Gasteiger partial charge is 0.493 e. The molecular weight excluding hydrogens is 434 g/mol. The summed E-state index contributed by atoms with van der Waals surface area (Å²) in [6, 6.07) is 4.60. The summed E-state index contributed by atoms with van der Waals surface area (Å²) in [6.07, 6.45) is 0. The van der Waals surface area contributed by atoms with Crippen molar-refractivity contribution in [3.05, 3.63) is 46.3 Å². The van der Waals surface area contributed by atoms with Crippen LogP contribution in [0.5, 0.6) is 17.2 Å². The summed E-state index contributed by atoms with van der Waals surface area (Å²) in [7, 11) is 5.39. The Balaban J connectivity index is 2.20. The maximum Gasteiger partial charge on any atom is 0.325 e. The Bertz CT molecular complexity index is 1210. The zero-order chi connectivity index (χ0) is 22.7. The van der Waals surface area contributed by atoms with Crippen molar-refractivity contribution < 1.29 is 37.3 Å². The molecule has 0 unspecified atom stereocenters. The van der Waals surface area contributed by atoms with Crippen molar-refractivity contribution in [2.24, 2.45) is 4.99 Å². The molecular formula is C20H18F2N2O6S. The van der Waals surface area contributed by atoms with Gasteiger partial charge in [0.1, 0.15) is 12.4 Å². The Morgan fingerprint density at radius 2 is 1.65 bits per heavy atom. The van der Waals surface area contributed by atoms with E-state index < -0.39 is 30.1 Å². The van der Waals surface area contributed by atoms with Gasteiger partial charge in [0.2, 0.25) is 5.75 Å². The van der Waals surface area contributed by atoms with Crippen LogP contribution in [0.25, 0.3) is 10.2 Å². The molecule has 0 N–H and O–H groups in total. The van der Waals surface area contributed by atoms with Gasteiger partial charge in [-0.05, 0) is 18.2 Å². The predicted molar refractivity (Wildman–Crippen MR) is 108 cm³/mol. The summed E-state index contributed by atoms with van der Waals surface area (Å²) in [5.74, 6) is -2.31. The molecule has 0 saturated carbocycles. The highest BCUT2D eigenvalue weighted by molar-refractivity contribution is 7.16. The molecule has 11 heteroatoms. The lowest BCUT2D eigenvalue weighted by molar-refractivity contribution is -0.141. The van der Waals surface area contributed by atoms with E-state index in [1.807, 2.05) is 0 Å². The van der Waals surface area contributed by atoms with Gasteiger partial charge in [0.05, 0.1) is 38.7 Å². The number of fused-ring (bicyclic) bond motifs is 1. The standard InChI is InChI=1S/C20H18F2N2O6S/c1-27-13-5-10(6-14(28-2)18(13)30-4)19(26)23-20-24(9-16(25)29-3)17-12(22)7-11(21)8-15(17)31-20/h5-8H,9H2,1-4H3. The SMILES string of the molecule is COC(=O)Cn1c(=NC(=O)c2cc(OC)c(OC)c(OC)c2)sc2cc(F)cc(F)c21. The number of methoxy groups -OCH3 is 4. The fourth-order valence-corrected chi connectivity index (χ4v) is 3.98. The summed E-state index contributed by atoms with van der Waals surface area (Å²) >= 11 is 0.856. The van der Waals surface area contributed by atoms with E-state index in [1.54, 1.807) is 0 Å². The molecule has 0 fully saturated rings. The van der Waals surface area contributed by atoms with Crippen LogP contribution >= 0.6 is 11.3 Å². The number of hydrogen-bond acceptors (Lipinski definition) is 7. The number of amides is 1. The second kappa shape index (κ2) is 9.13. The first-order valence-corrected chi connectivity index (χ1v) is 9.58. The van der Waals surface area contributed by atoms with Gasteiger partial charge in [0, 0.05) is 11.6 Å². The predicted octanol–water partition coefficient (Wildman–Crippen LogP) is 2.92. The number of ether oxygens (including phenoxy) is 4. The van der Waals surface area contributed by atoms with E-state index in [0.29, 0.717) is 11.8 Å². The monoisotopic (exact) mass is 452 g/mol. The molecule has 0 spiro atoms. The van der Waals surface area contributed by atoms with Crippen LogP contribution < -0.4 is 19.0 Å². The molecule has 3 rings (SSSR count). The first kappa shape index (κ1) is 22.2. The number of halogens is 2. The molecule has 0 aliphatic rings. The molecule has 0 bridgehead atoms. The van der Waals surface area contributed by atoms with Gasteiger partial charge in [0.15, 0.2) is 22.1 Å². The molecule has 0 radical (unpaired) electrons. The van der Waals surface area contributed by atoms with Crippen molar-refractivity contribution in [3.8, 4) is 17.2 Å². The number of hydrogen-bond donors (Lipinski definition) is 0. The highest BCUT2D eigenvalue weighted by atomic mass is 32.1. The van der Waals surface area contributed by atoms with Crippen LogP contribution in [-0.2, 0) is 16.1 Å². The van der Waals surface area contributed by atoms with Gasteiger partial charge in [-0.3, -0.25) is 9.59 Å². The van der Waals surface area contributed by atoms with Gasteiger partial charge in [-0.15, -0.1) is 0 Å². The lowest BCUT2D eigenvalue weighted by Crippen LogP contribution is -2.23. The number of rotatable bonds is 6. The third-order valence-electron chi connectivity index (χ3n) is 4.32. The zero-order valence-electron chi connectivity index (χ0n) is 17.0. The smallest absolute Gasteiger partial charge is 0.325 e. The Morgan fingerprint density at radius 1 is 1.00 bits per heavy atom. The summed E-state index contributed by atoms with van der Waals surface area (Å²) in [5.41, 5.74) is 0.0384. The molecule has 3 aromatic rings. The van der Waals surface area contributed by atoms with Crippen LogP contribution in [0.2, 0.25) is 0 Å². The maximum absolute atomic E-state index is 14.4. The Kier molecular flexibility index (Phi) is 6.54. The summed E-state index contributed by atoms with van der Waals surface area (Å²) in [6.45, 7) is -0.416. The van der Waals surface area contributed by atoms with E-state index in [4.69, 9.17) is 14.2 Å². The van der Waals surface area contributed by atoms with E-state index in [2.05, 4.69) is 9.73 Å². The van der Waals surface area contributed by atoms with Crippen molar-refractivity contribution in [1.82, 2.24) is 4.57 Å². The molecule has 8 nitrogen and oxygen atoms in total. The molecule has 31 heavy (non-hydrogen) atoms. The zero-order valence-corrected chi connectivity index (χ0v) is 17.8. The molecule has 0 saturated heterocycles. The van der Waals surface area contributed by atoms with E-state index >= 15 is 0 Å². The lowest BCUT2D eigenvalue weighted by Gasteiger charge is -2.12. The molecule has 1 aromatic heterocycles. The molecule has 164 valence electrons. The van der Waals surface area contributed by atoms with Crippen LogP contribution in [0.1, 0.15) is 10.4 Å². The summed E-state index contributed by atoms with van der Waals surface area (Å²) < 4.78 is 49.8. The molecule has 1 amide bonds. The Labute approximate surface area is 179 Å². The van der Waals surface area contributed by atoms with Gasteiger partial charge < -0.3 is 23.5 Å². The van der Waals surface area contributed by atoms with Gasteiger partial charge >= 0.3 is 5.97 Å². The van der Waals surface area contributed by atoms with Crippen molar-refractivity contribution in [2.75, 3.05) is 28.4 Å². The lowest BCUT2D eigenvalue weighted by atomic mass is 10.1. The number of benzene rings is 2. The highest BCUT2D eigenvalue weighted by Crippen LogP contribution is 2.38. The third kappa shape index (κ3) is 4.36. The Hall–Kier alpha value is -3.47. The van der Waals surface area contributed by atoms with Crippen LogP contribution in [0.4, 0.5) is 8.78 Å². The van der Waals surface area contributed by atoms with Gasteiger partial charge in [-0.25, -0.2) is 8.78 Å². The minimum Gasteiger partial charge on any atom is -0.493 e. The van der Waals surface area contributed by atoms with Crippen LogP contribution in [0, 0.1) is 11.6 Å². The second-order valence-electron chi connectivity index (χ2n) is 6.11. The molecule has 1 heterocycles. The fourth-order valence-electron chi connectivity index (χ4n) is 2.91. The highest BCUT2D eigenvalue weighted by Gasteiger charge is 2.19. The molecule has 0 atom stereocenters. The van der Waals surface area contributed by atoms with Crippen molar-refractivity contribution >= 4 is 33.4 Å². The van der Waals surface area contributed by atoms with E-state index in [1.165, 1.54) is 40.6 Å². The van der Waals surface area contributed by atoms with Gasteiger partial charge in [-0.2, -0.15) is 4.99 Å². The molecule has 0 aliphatic carbocycles. The minimum absolute atomic E-state index is 0.0105. The van der Waals surface area contributed by atoms with Crippen molar-refractivity contribution in [1.29, 1.82) is 0 Å². The Morgan fingerprint density at radius 3 is 2.19 bits per heavy atom. The van der Waals surface area contributed by atoms with E-state index in [9.17, 15) is 18.4 Å². The average molecular weight is 452 g/mol. The van der Waals surface area contributed by atoms with Crippen LogP contribution in [0.15, 0.2) is 29.3 Å². The first-order valence-electron chi connectivity index (χ1n) is 8.77. The first-order chi connectivity index (χ1) is 14.8. The van der Waals surface area contributed by atoms with Crippen molar-refractivity contribution in [2.45, 2.75) is 6.54 Å². The van der Waals surface area contributed by atoms with E-state index in [0.717, 1.165) is 22.0 Å². The number of esters is 1. The van der Waals surface area contributed by atoms with E-state index in [-0.39, 0.29) is 32.1 Å². The number of carbonyl (C=O) groups is 2. The fraction of sp³-hybridized carbons (Fsp3) is 0.250. The summed E-state index contributed by atoms with van der Waals surface area (Å²) in [4.78, 5) is 28.7. The number of nitrogens with zero attached hydrogens (tertiary/aromatic N) is 2. The van der Waals surface area contributed by atoms with Gasteiger partial charge in [-0.1, -0.05) is 11.3 Å². The average Bonchev–Trinajstić information content (AvgIpc) is 3.08. The molecule has 2 aromatic carbocycles. The minimum atomic E-state index is -0.892. The van der Waals surface area contributed by atoms with Crippen LogP contribution in [-0.4, -0.2) is 44.9 Å². The number of aromatic nitrogens is 1. The summed E-state index contributed by atoms with van der Waals surface area (Å²) in [5, 5.41) is 0. The number of thiazole rings is 1. The topological polar surface area (TPSA) is 88.4 Å². The quantitative estimate of drug-likeness (QED) is 0.535. The molecule has 0 aliphatic heterocycles. The van der Waals surface area contributed by atoms with Crippen molar-refractivity contribution in [3.63, 3.8) is 0 Å². The third-order valence-corrected chi connectivity index (χ3v) is 5.34. The van der Waals surface area contributed by atoms with Crippen LogP contribution in [0.3, 0.4) is 0 Å². The maximum atomic E-state index is 14.4.